The van der Waals surface area contributed by atoms with Crippen LogP contribution in [0.3, 0.4) is 0 Å². The van der Waals surface area contributed by atoms with Crippen molar-refractivity contribution in [2.45, 2.75) is 20.3 Å². The van der Waals surface area contributed by atoms with Gasteiger partial charge in [-0.15, -0.1) is 0 Å². The van der Waals surface area contributed by atoms with E-state index in [4.69, 9.17) is 4.74 Å². The van der Waals surface area contributed by atoms with Crippen LogP contribution in [-0.2, 0) is 16.0 Å². The fourth-order valence-electron chi connectivity index (χ4n) is 3.59. The van der Waals surface area contributed by atoms with E-state index in [0.717, 1.165) is 16.9 Å². The minimum Gasteiger partial charge on any atom is -0.494 e. The van der Waals surface area contributed by atoms with Crippen molar-refractivity contribution in [3.8, 4) is 5.75 Å². The van der Waals surface area contributed by atoms with Gasteiger partial charge in [0.1, 0.15) is 17.3 Å². The molecular weight excluding hydrogens is 407 g/mol. The number of nitrogens with zero attached hydrogens (tertiary/aromatic N) is 1. The third-order valence-electron chi connectivity index (χ3n) is 5.25. The maximum atomic E-state index is 13.5. The summed E-state index contributed by atoms with van der Waals surface area (Å²) in [5.41, 5.74) is 3.09. The summed E-state index contributed by atoms with van der Waals surface area (Å²) in [5.74, 6) is -0.716. The largest absolute Gasteiger partial charge is 0.494 e. The minimum absolute atomic E-state index is 0.153. The zero-order valence-corrected chi connectivity index (χ0v) is 17.9. The van der Waals surface area contributed by atoms with Gasteiger partial charge in [0.15, 0.2) is 0 Å². The molecule has 0 saturated carbocycles. The standard InChI is InChI=1S/C26H23FN2O3/c1-3-17-5-11-20(12-6-17)28-24-23(18-7-9-19(27)10-8-18)25(30)29(26(24)31)21-13-15-22(16-14-21)32-4-2/h5-16,28H,3-4H2,1-2H3. The first-order valence-electron chi connectivity index (χ1n) is 10.5. The first-order chi connectivity index (χ1) is 15.5. The molecule has 1 N–H and O–H groups in total. The Kier molecular flexibility index (Phi) is 6.03. The Balaban J connectivity index is 1.74. The van der Waals surface area contributed by atoms with Crippen molar-refractivity contribution in [2.24, 2.45) is 0 Å². The molecule has 2 amide bonds. The monoisotopic (exact) mass is 430 g/mol. The zero-order valence-electron chi connectivity index (χ0n) is 17.9. The second kappa shape index (κ2) is 9.06. The molecule has 0 atom stereocenters. The molecule has 0 aliphatic carbocycles. The van der Waals surface area contributed by atoms with Crippen LogP contribution in [0.5, 0.6) is 5.75 Å². The highest BCUT2D eigenvalue weighted by atomic mass is 19.1. The molecule has 0 saturated heterocycles. The Morgan fingerprint density at radius 3 is 2.09 bits per heavy atom. The smallest absolute Gasteiger partial charge is 0.282 e. The summed E-state index contributed by atoms with van der Waals surface area (Å²) in [5, 5.41) is 3.12. The highest BCUT2D eigenvalue weighted by Crippen LogP contribution is 2.34. The SMILES string of the molecule is CCOc1ccc(N2C(=O)C(Nc3ccc(CC)cc3)=C(c3ccc(F)cc3)C2=O)cc1. The van der Waals surface area contributed by atoms with Gasteiger partial charge in [-0.3, -0.25) is 9.59 Å². The third-order valence-corrected chi connectivity index (χ3v) is 5.25. The summed E-state index contributed by atoms with van der Waals surface area (Å²) in [6.45, 7) is 4.46. The number of halogens is 1. The summed E-state index contributed by atoms with van der Waals surface area (Å²) in [6.07, 6.45) is 0.896. The van der Waals surface area contributed by atoms with Crippen LogP contribution in [0.2, 0.25) is 0 Å². The van der Waals surface area contributed by atoms with Crippen LogP contribution in [0.1, 0.15) is 25.0 Å². The molecule has 4 rings (SSSR count). The molecule has 0 spiro atoms. The van der Waals surface area contributed by atoms with Crippen LogP contribution in [0.4, 0.5) is 15.8 Å². The summed E-state index contributed by atoms with van der Waals surface area (Å²) >= 11 is 0. The third kappa shape index (κ3) is 4.12. The van der Waals surface area contributed by atoms with Crippen LogP contribution >= 0.6 is 0 Å². The average molecular weight is 430 g/mol. The van der Waals surface area contributed by atoms with Gasteiger partial charge in [0.2, 0.25) is 0 Å². The number of carbonyl (C=O) groups is 2. The number of anilines is 2. The highest BCUT2D eigenvalue weighted by Gasteiger charge is 2.40. The second-order valence-electron chi connectivity index (χ2n) is 7.30. The van der Waals surface area contributed by atoms with Gasteiger partial charge >= 0.3 is 0 Å². The van der Waals surface area contributed by atoms with E-state index >= 15 is 0 Å². The van der Waals surface area contributed by atoms with Crippen molar-refractivity contribution in [1.82, 2.24) is 0 Å². The quantitative estimate of drug-likeness (QED) is 0.525. The summed E-state index contributed by atoms with van der Waals surface area (Å²) in [4.78, 5) is 27.9. The van der Waals surface area contributed by atoms with Crippen LogP contribution in [0, 0.1) is 5.82 Å². The molecule has 32 heavy (non-hydrogen) atoms. The van der Waals surface area contributed by atoms with Gasteiger partial charge < -0.3 is 10.1 Å². The number of ether oxygens (including phenoxy) is 1. The lowest BCUT2D eigenvalue weighted by atomic mass is 10.0. The van der Waals surface area contributed by atoms with Gasteiger partial charge in [-0.25, -0.2) is 9.29 Å². The first-order valence-corrected chi connectivity index (χ1v) is 10.5. The maximum Gasteiger partial charge on any atom is 0.282 e. The van der Waals surface area contributed by atoms with Crippen LogP contribution in [0.15, 0.2) is 78.5 Å². The van der Waals surface area contributed by atoms with E-state index in [1.807, 2.05) is 31.2 Å². The van der Waals surface area contributed by atoms with Gasteiger partial charge in [0, 0.05) is 5.69 Å². The Bertz CT molecular complexity index is 1170. The second-order valence-corrected chi connectivity index (χ2v) is 7.30. The molecule has 0 bridgehead atoms. The van der Waals surface area contributed by atoms with E-state index in [9.17, 15) is 14.0 Å². The van der Waals surface area contributed by atoms with Gasteiger partial charge in [-0.1, -0.05) is 31.2 Å². The molecule has 6 heteroatoms. The van der Waals surface area contributed by atoms with Crippen LogP contribution < -0.4 is 15.0 Å². The van der Waals surface area contributed by atoms with Crippen molar-refractivity contribution in [3.05, 3.63) is 95.4 Å². The lowest BCUT2D eigenvalue weighted by Crippen LogP contribution is -2.32. The summed E-state index contributed by atoms with van der Waals surface area (Å²) < 4.78 is 19.0. The fourth-order valence-corrected chi connectivity index (χ4v) is 3.59. The normalized spacial score (nSPS) is 13.7. The van der Waals surface area contributed by atoms with Crippen LogP contribution in [-0.4, -0.2) is 18.4 Å². The predicted octanol–water partition coefficient (Wildman–Crippen LogP) is 5.18. The molecule has 0 unspecified atom stereocenters. The number of rotatable bonds is 7. The number of amides is 2. The lowest BCUT2D eigenvalue weighted by molar-refractivity contribution is -0.120. The number of carbonyl (C=O) groups excluding carboxylic acids is 2. The van der Waals surface area contributed by atoms with E-state index in [2.05, 4.69) is 12.2 Å². The number of aryl methyl sites for hydroxylation is 1. The number of benzene rings is 3. The summed E-state index contributed by atoms with van der Waals surface area (Å²) in [6, 6.07) is 20.0. The predicted molar refractivity (Wildman–Crippen MR) is 123 cm³/mol. The average Bonchev–Trinajstić information content (AvgIpc) is 3.05. The van der Waals surface area contributed by atoms with E-state index in [0.29, 0.717) is 29.3 Å². The molecule has 3 aromatic rings. The number of hydrogen-bond donors (Lipinski definition) is 1. The topological polar surface area (TPSA) is 58.6 Å². The number of imide groups is 1. The molecule has 0 fully saturated rings. The number of nitrogens with one attached hydrogen (secondary N) is 1. The van der Waals surface area contributed by atoms with E-state index in [-0.39, 0.29) is 11.3 Å². The van der Waals surface area contributed by atoms with Gasteiger partial charge in [-0.05, 0) is 73.0 Å². The number of hydrogen-bond acceptors (Lipinski definition) is 4. The molecule has 5 nitrogen and oxygen atoms in total. The van der Waals surface area contributed by atoms with Crippen LogP contribution in [0.25, 0.3) is 5.57 Å². The Morgan fingerprint density at radius 2 is 1.50 bits per heavy atom. The van der Waals surface area contributed by atoms with E-state index in [1.165, 1.54) is 24.3 Å². The molecule has 1 aliphatic rings. The van der Waals surface area contributed by atoms with E-state index < -0.39 is 17.6 Å². The van der Waals surface area contributed by atoms with Crippen molar-refractivity contribution >= 4 is 28.8 Å². The molecule has 1 heterocycles. The van der Waals surface area contributed by atoms with Crippen molar-refractivity contribution < 1.29 is 18.7 Å². The Hall–Kier alpha value is -3.93. The lowest BCUT2D eigenvalue weighted by Gasteiger charge is -2.16. The van der Waals surface area contributed by atoms with Crippen molar-refractivity contribution in [3.63, 3.8) is 0 Å². The highest BCUT2D eigenvalue weighted by molar-refractivity contribution is 6.46. The molecule has 0 aromatic heterocycles. The maximum absolute atomic E-state index is 13.5. The molecular formula is C26H23FN2O3. The van der Waals surface area contributed by atoms with Gasteiger partial charge in [0.25, 0.3) is 11.8 Å². The van der Waals surface area contributed by atoms with Gasteiger partial charge in [-0.2, -0.15) is 0 Å². The molecule has 1 aliphatic heterocycles. The zero-order chi connectivity index (χ0) is 22.7. The summed E-state index contributed by atoms with van der Waals surface area (Å²) in [7, 11) is 0. The van der Waals surface area contributed by atoms with Gasteiger partial charge in [0.05, 0.1) is 17.9 Å². The van der Waals surface area contributed by atoms with Crippen molar-refractivity contribution in [2.75, 3.05) is 16.8 Å². The first kappa shape index (κ1) is 21.3. The fraction of sp³-hybridized carbons (Fsp3) is 0.154. The Labute approximate surface area is 186 Å². The Morgan fingerprint density at radius 1 is 0.844 bits per heavy atom. The molecule has 3 aromatic carbocycles. The molecule has 162 valence electrons. The van der Waals surface area contributed by atoms with Crippen molar-refractivity contribution in [1.29, 1.82) is 0 Å². The van der Waals surface area contributed by atoms with E-state index in [1.54, 1.807) is 24.3 Å². The molecule has 0 radical (unpaired) electrons. The minimum atomic E-state index is -0.474.